The molecule has 20 heavy (non-hydrogen) atoms. The number of nitrogens with zero attached hydrogens (tertiary/aromatic N) is 3. The zero-order valence-corrected chi connectivity index (χ0v) is 12.3. The Labute approximate surface area is 122 Å². The van der Waals surface area contributed by atoms with Gasteiger partial charge in [-0.3, -0.25) is 9.69 Å². The number of hydrogen-bond donors (Lipinski definition) is 1. The molecule has 1 atom stereocenters. The smallest absolute Gasteiger partial charge is 0.234 e. The van der Waals surface area contributed by atoms with Gasteiger partial charge in [0.2, 0.25) is 5.91 Å². The van der Waals surface area contributed by atoms with E-state index in [1.807, 2.05) is 30.9 Å². The first-order valence-electron chi connectivity index (χ1n) is 6.76. The fourth-order valence-corrected chi connectivity index (χ4v) is 3.21. The van der Waals surface area contributed by atoms with Crippen LogP contribution in [-0.4, -0.2) is 33.4 Å². The SMILES string of the molecule is CC(NC(=O)CN1CCn2cncc2C1)c1cccs1. The highest BCUT2D eigenvalue weighted by molar-refractivity contribution is 7.10. The topological polar surface area (TPSA) is 50.2 Å². The van der Waals surface area contributed by atoms with Crippen molar-refractivity contribution in [1.29, 1.82) is 0 Å². The largest absolute Gasteiger partial charge is 0.348 e. The second-order valence-electron chi connectivity index (χ2n) is 5.09. The Hall–Kier alpha value is -1.66. The lowest BCUT2D eigenvalue weighted by atomic mass is 10.2. The first-order valence-corrected chi connectivity index (χ1v) is 7.64. The molecule has 0 saturated heterocycles. The molecule has 0 spiro atoms. The van der Waals surface area contributed by atoms with Gasteiger partial charge < -0.3 is 9.88 Å². The van der Waals surface area contributed by atoms with E-state index in [2.05, 4.69) is 25.8 Å². The first kappa shape index (κ1) is 13.3. The molecule has 1 N–H and O–H groups in total. The maximum atomic E-state index is 12.1. The summed E-state index contributed by atoms with van der Waals surface area (Å²) in [6.45, 7) is 5.06. The molecule has 0 saturated carbocycles. The van der Waals surface area contributed by atoms with Gasteiger partial charge in [0.15, 0.2) is 0 Å². The van der Waals surface area contributed by atoms with Crippen LogP contribution < -0.4 is 5.32 Å². The van der Waals surface area contributed by atoms with Crippen LogP contribution in [-0.2, 0) is 17.9 Å². The minimum absolute atomic E-state index is 0.0813. The predicted octanol–water partition coefficient (Wildman–Crippen LogP) is 1.64. The third-order valence-electron chi connectivity index (χ3n) is 3.56. The van der Waals surface area contributed by atoms with E-state index in [9.17, 15) is 4.79 Å². The third-order valence-corrected chi connectivity index (χ3v) is 4.61. The van der Waals surface area contributed by atoms with Crippen LogP contribution in [0.5, 0.6) is 0 Å². The van der Waals surface area contributed by atoms with Crippen molar-refractivity contribution >= 4 is 17.2 Å². The van der Waals surface area contributed by atoms with E-state index in [-0.39, 0.29) is 11.9 Å². The standard InChI is InChI=1S/C14H18N4OS/c1-11(13-3-2-6-20-13)16-14(19)9-17-4-5-18-10-15-7-12(18)8-17/h2-3,6-7,10-11H,4-5,8-9H2,1H3,(H,16,19). The fraction of sp³-hybridized carbons (Fsp3) is 0.429. The number of amides is 1. The lowest BCUT2D eigenvalue weighted by Gasteiger charge is -2.27. The average Bonchev–Trinajstić information content (AvgIpc) is 3.09. The van der Waals surface area contributed by atoms with Gasteiger partial charge in [-0.25, -0.2) is 4.98 Å². The summed E-state index contributed by atoms with van der Waals surface area (Å²) in [5.41, 5.74) is 1.18. The molecule has 106 valence electrons. The van der Waals surface area contributed by atoms with Crippen LogP contribution in [0.1, 0.15) is 23.5 Å². The molecule has 0 aromatic carbocycles. The first-order chi connectivity index (χ1) is 9.72. The number of hydrogen-bond acceptors (Lipinski definition) is 4. The van der Waals surface area contributed by atoms with Crippen molar-refractivity contribution < 1.29 is 4.79 Å². The molecule has 2 aromatic rings. The highest BCUT2D eigenvalue weighted by Crippen LogP contribution is 2.18. The van der Waals surface area contributed by atoms with Crippen LogP contribution in [0.25, 0.3) is 0 Å². The van der Waals surface area contributed by atoms with Crippen LogP contribution in [0.15, 0.2) is 30.0 Å². The maximum absolute atomic E-state index is 12.1. The normalized spacial score (nSPS) is 16.6. The van der Waals surface area contributed by atoms with Crippen molar-refractivity contribution in [3.63, 3.8) is 0 Å². The molecule has 0 radical (unpaired) electrons. The van der Waals surface area contributed by atoms with Gasteiger partial charge in [-0.05, 0) is 18.4 Å². The van der Waals surface area contributed by atoms with Crippen molar-refractivity contribution in [3.05, 3.63) is 40.6 Å². The highest BCUT2D eigenvalue weighted by atomic mass is 32.1. The Morgan fingerprint density at radius 3 is 3.25 bits per heavy atom. The van der Waals surface area contributed by atoms with Gasteiger partial charge >= 0.3 is 0 Å². The summed E-state index contributed by atoms with van der Waals surface area (Å²) < 4.78 is 2.14. The number of carbonyl (C=O) groups is 1. The fourth-order valence-electron chi connectivity index (χ4n) is 2.47. The van der Waals surface area contributed by atoms with E-state index < -0.39 is 0 Å². The molecule has 5 nitrogen and oxygen atoms in total. The Morgan fingerprint density at radius 1 is 1.55 bits per heavy atom. The lowest BCUT2D eigenvalue weighted by molar-refractivity contribution is -0.123. The molecule has 3 rings (SSSR count). The Balaban J connectivity index is 1.52. The molecule has 1 aliphatic heterocycles. The van der Waals surface area contributed by atoms with E-state index in [4.69, 9.17) is 0 Å². The minimum atomic E-state index is 0.0813. The van der Waals surface area contributed by atoms with E-state index in [1.165, 1.54) is 10.6 Å². The number of aromatic nitrogens is 2. The molecule has 1 amide bonds. The van der Waals surface area contributed by atoms with E-state index >= 15 is 0 Å². The summed E-state index contributed by atoms with van der Waals surface area (Å²) in [7, 11) is 0. The molecule has 0 fully saturated rings. The number of fused-ring (bicyclic) bond motifs is 1. The number of imidazole rings is 1. The molecule has 2 aromatic heterocycles. The number of nitrogens with one attached hydrogen (secondary N) is 1. The third kappa shape index (κ3) is 2.91. The Kier molecular flexibility index (Phi) is 3.84. The predicted molar refractivity (Wildman–Crippen MR) is 78.4 cm³/mol. The van der Waals surface area contributed by atoms with Crippen LogP contribution in [0.3, 0.4) is 0 Å². The van der Waals surface area contributed by atoms with Crippen molar-refractivity contribution in [2.24, 2.45) is 0 Å². The summed E-state index contributed by atoms with van der Waals surface area (Å²) in [5, 5.41) is 5.09. The monoisotopic (exact) mass is 290 g/mol. The number of rotatable bonds is 4. The molecular weight excluding hydrogens is 272 g/mol. The molecule has 0 bridgehead atoms. The summed E-state index contributed by atoms with van der Waals surface area (Å²) in [5.74, 6) is 0.0823. The van der Waals surface area contributed by atoms with Gasteiger partial charge in [0.25, 0.3) is 0 Å². The van der Waals surface area contributed by atoms with Crippen LogP contribution in [0, 0.1) is 0 Å². The molecule has 3 heterocycles. The second-order valence-corrected chi connectivity index (χ2v) is 6.07. The van der Waals surface area contributed by atoms with Crippen LogP contribution >= 0.6 is 11.3 Å². The van der Waals surface area contributed by atoms with Gasteiger partial charge in [-0.1, -0.05) is 6.07 Å². The van der Waals surface area contributed by atoms with Crippen molar-refractivity contribution in [2.75, 3.05) is 13.1 Å². The molecule has 1 unspecified atom stereocenters. The highest BCUT2D eigenvalue weighted by Gasteiger charge is 2.19. The van der Waals surface area contributed by atoms with Gasteiger partial charge in [-0.15, -0.1) is 11.3 Å². The Bertz CT molecular complexity index is 578. The molecule has 0 aliphatic carbocycles. The summed E-state index contributed by atoms with van der Waals surface area (Å²) in [6, 6.07) is 4.14. The van der Waals surface area contributed by atoms with E-state index in [0.717, 1.165) is 19.6 Å². The lowest BCUT2D eigenvalue weighted by Crippen LogP contribution is -2.41. The van der Waals surface area contributed by atoms with Crippen molar-refractivity contribution in [1.82, 2.24) is 19.8 Å². The summed E-state index contributed by atoms with van der Waals surface area (Å²) >= 11 is 1.67. The van der Waals surface area contributed by atoms with Gasteiger partial charge in [0, 0.05) is 30.7 Å². The van der Waals surface area contributed by atoms with Crippen LogP contribution in [0.4, 0.5) is 0 Å². The second kappa shape index (κ2) is 5.76. The van der Waals surface area contributed by atoms with Crippen molar-refractivity contribution in [2.45, 2.75) is 26.1 Å². The van der Waals surface area contributed by atoms with Crippen molar-refractivity contribution in [3.8, 4) is 0 Å². The van der Waals surface area contributed by atoms with Gasteiger partial charge in [0.1, 0.15) is 0 Å². The van der Waals surface area contributed by atoms with E-state index in [0.29, 0.717) is 6.54 Å². The van der Waals surface area contributed by atoms with Gasteiger partial charge in [-0.2, -0.15) is 0 Å². The van der Waals surface area contributed by atoms with Gasteiger partial charge in [0.05, 0.1) is 24.6 Å². The minimum Gasteiger partial charge on any atom is -0.348 e. The quantitative estimate of drug-likeness (QED) is 0.931. The number of carbonyl (C=O) groups excluding carboxylic acids is 1. The van der Waals surface area contributed by atoms with Crippen LogP contribution in [0.2, 0.25) is 0 Å². The zero-order chi connectivity index (χ0) is 13.9. The Morgan fingerprint density at radius 2 is 2.45 bits per heavy atom. The number of thiophene rings is 1. The average molecular weight is 290 g/mol. The summed E-state index contributed by atoms with van der Waals surface area (Å²) in [6.07, 6.45) is 3.73. The molecule has 6 heteroatoms. The molecule has 1 aliphatic rings. The van der Waals surface area contributed by atoms with E-state index in [1.54, 1.807) is 11.3 Å². The zero-order valence-electron chi connectivity index (χ0n) is 11.5. The molecular formula is C14H18N4OS. The summed E-state index contributed by atoms with van der Waals surface area (Å²) in [4.78, 5) is 19.6. The maximum Gasteiger partial charge on any atom is 0.234 e.